The first-order chi connectivity index (χ1) is 10.5. The summed E-state index contributed by atoms with van der Waals surface area (Å²) in [7, 11) is 0. The second kappa shape index (κ2) is 5.73. The summed E-state index contributed by atoms with van der Waals surface area (Å²) in [6.45, 7) is 3.01. The lowest BCUT2D eigenvalue weighted by Gasteiger charge is -2.46. The third-order valence-electron chi connectivity index (χ3n) is 4.69. The molecule has 1 aromatic rings. The first-order valence-corrected chi connectivity index (χ1v) is 7.49. The van der Waals surface area contributed by atoms with Gasteiger partial charge in [-0.25, -0.2) is 4.79 Å². The quantitative estimate of drug-likeness (QED) is 0.765. The van der Waals surface area contributed by atoms with Gasteiger partial charge in [-0.3, -0.25) is 4.98 Å². The highest BCUT2D eigenvalue weighted by Gasteiger charge is 2.54. The molecule has 0 bridgehead atoms. The molecule has 0 aromatic carbocycles. The number of carbonyl (C=O) groups is 1. The number of carboxylic acid groups (broad SMARTS) is 1. The Morgan fingerprint density at radius 1 is 1.45 bits per heavy atom. The van der Waals surface area contributed by atoms with Gasteiger partial charge in [0.15, 0.2) is 5.79 Å². The molecule has 3 atom stereocenters. The largest absolute Gasteiger partial charge is 0.465 e. The second-order valence-electron chi connectivity index (χ2n) is 5.99. The zero-order valence-electron chi connectivity index (χ0n) is 12.5. The average molecular weight is 307 g/mol. The number of hydrogen-bond acceptors (Lipinski definition) is 5. The van der Waals surface area contributed by atoms with Gasteiger partial charge in [0.25, 0.3) is 0 Å². The lowest BCUT2D eigenvalue weighted by Crippen LogP contribution is -2.60. The summed E-state index contributed by atoms with van der Waals surface area (Å²) in [5.74, 6) is -0.664. The first kappa shape index (κ1) is 15.1. The van der Waals surface area contributed by atoms with E-state index in [2.05, 4.69) is 10.3 Å². The molecular formula is C15H21N3O4. The molecule has 120 valence electrons. The van der Waals surface area contributed by atoms with Crippen LogP contribution in [0.2, 0.25) is 0 Å². The van der Waals surface area contributed by atoms with E-state index in [1.54, 1.807) is 12.4 Å². The van der Waals surface area contributed by atoms with E-state index in [1.165, 1.54) is 0 Å². The number of nitrogens with zero attached hydrogens (tertiary/aromatic N) is 1. The zero-order chi connectivity index (χ0) is 15.7. The summed E-state index contributed by atoms with van der Waals surface area (Å²) in [5.41, 5.74) is 7.67. The van der Waals surface area contributed by atoms with Crippen molar-refractivity contribution >= 4 is 11.8 Å². The fourth-order valence-electron chi connectivity index (χ4n) is 3.76. The predicted molar refractivity (Wildman–Crippen MR) is 79.4 cm³/mol. The van der Waals surface area contributed by atoms with Gasteiger partial charge in [0.05, 0.1) is 31.1 Å². The highest BCUT2D eigenvalue weighted by atomic mass is 16.7. The van der Waals surface area contributed by atoms with Gasteiger partial charge in [-0.05, 0) is 30.4 Å². The van der Waals surface area contributed by atoms with E-state index in [9.17, 15) is 4.79 Å². The van der Waals surface area contributed by atoms with Crippen LogP contribution >= 0.6 is 0 Å². The number of ether oxygens (including phenoxy) is 2. The first-order valence-electron chi connectivity index (χ1n) is 7.49. The van der Waals surface area contributed by atoms with E-state index >= 15 is 0 Å². The van der Waals surface area contributed by atoms with Crippen LogP contribution in [0.1, 0.15) is 31.2 Å². The van der Waals surface area contributed by atoms with Crippen LogP contribution in [0.5, 0.6) is 0 Å². The number of nitrogen functional groups attached to an aromatic ring is 1. The molecule has 4 N–H and O–H groups in total. The number of amides is 1. The predicted octanol–water partition coefficient (Wildman–Crippen LogP) is 1.56. The standard InChI is InChI=1S/C15H21N3O4/c1-9-6-10(11-2-3-17-8-12(11)16)7-13(18-14(19)20)15(9)21-4-5-22-15/h2-3,8-10,13,18H,4-7,16H2,1H3,(H,19,20)/t9-,10-,13+/m0/s1. The number of nitrogens with two attached hydrogens (primary N) is 1. The molecular weight excluding hydrogens is 286 g/mol. The molecule has 7 nitrogen and oxygen atoms in total. The molecule has 2 fully saturated rings. The fourth-order valence-corrected chi connectivity index (χ4v) is 3.76. The number of nitrogens with one attached hydrogen (secondary N) is 1. The van der Waals surface area contributed by atoms with Crippen LogP contribution in [0.4, 0.5) is 10.5 Å². The number of aromatic nitrogens is 1. The molecule has 2 heterocycles. The van der Waals surface area contributed by atoms with E-state index in [0.717, 1.165) is 12.0 Å². The summed E-state index contributed by atoms with van der Waals surface area (Å²) in [6, 6.07) is 1.48. The summed E-state index contributed by atoms with van der Waals surface area (Å²) < 4.78 is 11.7. The summed E-state index contributed by atoms with van der Waals surface area (Å²) >= 11 is 0. The number of anilines is 1. The van der Waals surface area contributed by atoms with Crippen molar-refractivity contribution in [3.8, 4) is 0 Å². The molecule has 1 spiro atoms. The maximum Gasteiger partial charge on any atom is 0.405 e. The topological polar surface area (TPSA) is 107 Å². The lowest BCUT2D eigenvalue weighted by atomic mass is 9.72. The van der Waals surface area contributed by atoms with Crippen LogP contribution in [0.3, 0.4) is 0 Å². The molecule has 22 heavy (non-hydrogen) atoms. The Labute approximate surface area is 128 Å². The van der Waals surface area contributed by atoms with Gasteiger partial charge in [-0.2, -0.15) is 0 Å². The molecule has 3 rings (SSSR count). The Balaban J connectivity index is 1.89. The minimum atomic E-state index is -1.07. The van der Waals surface area contributed by atoms with Gasteiger partial charge in [0, 0.05) is 12.1 Å². The van der Waals surface area contributed by atoms with Crippen LogP contribution < -0.4 is 11.1 Å². The van der Waals surface area contributed by atoms with Gasteiger partial charge in [-0.15, -0.1) is 0 Å². The fraction of sp³-hybridized carbons (Fsp3) is 0.600. The van der Waals surface area contributed by atoms with Crippen molar-refractivity contribution in [1.29, 1.82) is 0 Å². The van der Waals surface area contributed by atoms with Crippen LogP contribution in [0, 0.1) is 5.92 Å². The number of hydrogen-bond donors (Lipinski definition) is 3. The van der Waals surface area contributed by atoms with Gasteiger partial charge in [0.1, 0.15) is 0 Å². The number of rotatable bonds is 2. The molecule has 7 heteroatoms. The Kier molecular flexibility index (Phi) is 3.92. The van der Waals surface area contributed by atoms with Crippen molar-refractivity contribution < 1.29 is 19.4 Å². The van der Waals surface area contributed by atoms with Crippen molar-refractivity contribution in [2.24, 2.45) is 5.92 Å². The van der Waals surface area contributed by atoms with Crippen LogP contribution in [0.25, 0.3) is 0 Å². The third-order valence-corrected chi connectivity index (χ3v) is 4.69. The van der Waals surface area contributed by atoms with Gasteiger partial charge >= 0.3 is 6.09 Å². The molecule has 1 amide bonds. The van der Waals surface area contributed by atoms with Gasteiger partial charge in [-0.1, -0.05) is 6.92 Å². The van der Waals surface area contributed by atoms with E-state index < -0.39 is 17.9 Å². The molecule has 1 saturated heterocycles. The van der Waals surface area contributed by atoms with Gasteiger partial charge in [0.2, 0.25) is 0 Å². The minimum absolute atomic E-state index is 0.0539. The molecule has 0 unspecified atom stereocenters. The van der Waals surface area contributed by atoms with Crippen molar-refractivity contribution in [2.45, 2.75) is 37.5 Å². The van der Waals surface area contributed by atoms with Crippen LogP contribution in [-0.4, -0.2) is 41.2 Å². The summed E-state index contributed by atoms with van der Waals surface area (Å²) in [6.07, 6.45) is 3.69. The molecule has 0 radical (unpaired) electrons. The van der Waals surface area contributed by atoms with Crippen molar-refractivity contribution in [3.05, 3.63) is 24.0 Å². The maximum absolute atomic E-state index is 11.2. The van der Waals surface area contributed by atoms with Crippen LogP contribution in [0.15, 0.2) is 18.5 Å². The van der Waals surface area contributed by atoms with E-state index in [0.29, 0.717) is 25.3 Å². The second-order valence-corrected chi connectivity index (χ2v) is 5.99. The molecule has 1 aliphatic heterocycles. The highest BCUT2D eigenvalue weighted by molar-refractivity contribution is 5.65. The number of pyridine rings is 1. The van der Waals surface area contributed by atoms with Crippen molar-refractivity contribution in [1.82, 2.24) is 10.3 Å². The minimum Gasteiger partial charge on any atom is -0.465 e. The molecule has 1 aliphatic carbocycles. The molecule has 1 aromatic heterocycles. The Bertz CT molecular complexity index is 559. The Morgan fingerprint density at radius 3 is 2.82 bits per heavy atom. The lowest BCUT2D eigenvalue weighted by molar-refractivity contribution is -0.225. The van der Waals surface area contributed by atoms with E-state index in [1.807, 2.05) is 13.0 Å². The van der Waals surface area contributed by atoms with Crippen molar-refractivity contribution in [3.63, 3.8) is 0 Å². The normalized spacial score (nSPS) is 30.3. The van der Waals surface area contributed by atoms with E-state index in [-0.39, 0.29) is 11.8 Å². The smallest absolute Gasteiger partial charge is 0.405 e. The maximum atomic E-state index is 11.2. The third kappa shape index (κ3) is 2.50. The highest BCUT2D eigenvalue weighted by Crippen LogP contribution is 2.47. The Hall–Kier alpha value is -1.86. The van der Waals surface area contributed by atoms with Crippen molar-refractivity contribution in [2.75, 3.05) is 18.9 Å². The summed E-state index contributed by atoms with van der Waals surface area (Å²) in [5, 5.41) is 11.7. The molecule has 1 saturated carbocycles. The Morgan fingerprint density at radius 2 is 2.18 bits per heavy atom. The monoisotopic (exact) mass is 307 g/mol. The SMILES string of the molecule is C[C@H]1C[C@H](c2ccncc2N)C[C@@H](NC(=O)O)C12OCCO2. The zero-order valence-corrected chi connectivity index (χ0v) is 12.5. The summed E-state index contributed by atoms with van der Waals surface area (Å²) in [4.78, 5) is 15.2. The van der Waals surface area contributed by atoms with Crippen LogP contribution in [-0.2, 0) is 9.47 Å². The average Bonchev–Trinajstić information content (AvgIpc) is 2.95. The molecule has 2 aliphatic rings. The van der Waals surface area contributed by atoms with Gasteiger partial charge < -0.3 is 25.6 Å². The van der Waals surface area contributed by atoms with E-state index in [4.69, 9.17) is 20.3 Å².